The molecule has 0 radical (unpaired) electrons. The van der Waals surface area contributed by atoms with E-state index in [1.165, 1.54) is 0 Å². The van der Waals surface area contributed by atoms with Crippen LogP contribution < -0.4 is 15.1 Å². The molecule has 3 heterocycles. The lowest BCUT2D eigenvalue weighted by atomic mass is 9.78. The largest absolute Gasteiger partial charge is 0.494 e. The summed E-state index contributed by atoms with van der Waals surface area (Å²) in [6.07, 6.45) is 1.55. The average Bonchev–Trinajstić information content (AvgIpc) is 3.19. The van der Waals surface area contributed by atoms with Gasteiger partial charge in [0.05, 0.1) is 29.4 Å². The van der Waals surface area contributed by atoms with Gasteiger partial charge in [-0.1, -0.05) is 35.9 Å². The molecule has 0 atom stereocenters. The first kappa shape index (κ1) is 30.1. The van der Waals surface area contributed by atoms with Gasteiger partial charge in [0.25, 0.3) is 0 Å². The fraction of sp³-hybridized carbons (Fsp3) is 0.471. The zero-order valence-corrected chi connectivity index (χ0v) is 26.0. The number of aryl methyl sites for hydroxylation is 2. The summed E-state index contributed by atoms with van der Waals surface area (Å²) in [6, 6.07) is 18.6. The third-order valence-corrected chi connectivity index (χ3v) is 8.86. The van der Waals surface area contributed by atoms with Crippen LogP contribution in [0.2, 0.25) is 0 Å². The third kappa shape index (κ3) is 6.35. The third-order valence-electron chi connectivity index (χ3n) is 8.86. The van der Waals surface area contributed by atoms with E-state index in [0.29, 0.717) is 13.2 Å². The van der Waals surface area contributed by atoms with Gasteiger partial charge in [-0.2, -0.15) is 0 Å². The van der Waals surface area contributed by atoms with Crippen LogP contribution in [0.1, 0.15) is 64.2 Å². The van der Waals surface area contributed by atoms with Crippen molar-refractivity contribution in [2.24, 2.45) is 5.92 Å². The number of carbonyl (C=O) groups is 1. The predicted octanol–water partition coefficient (Wildman–Crippen LogP) is 6.02. The number of nitrogens with zero attached hydrogens (tertiary/aromatic N) is 2. The van der Waals surface area contributed by atoms with Gasteiger partial charge in [-0.3, -0.25) is 4.79 Å². The van der Waals surface area contributed by atoms with Gasteiger partial charge in [-0.05, 0) is 102 Å². The van der Waals surface area contributed by atoms with Crippen molar-refractivity contribution in [1.82, 2.24) is 4.98 Å². The highest BCUT2D eigenvalue weighted by atomic mass is 16.7. The molecule has 5 rings (SSSR count). The van der Waals surface area contributed by atoms with Crippen molar-refractivity contribution in [2.45, 2.75) is 79.1 Å². The van der Waals surface area contributed by atoms with Crippen molar-refractivity contribution in [3.8, 4) is 17.0 Å². The molecule has 0 saturated carbocycles. The lowest BCUT2D eigenvalue weighted by molar-refractivity contribution is -0.148. The van der Waals surface area contributed by atoms with E-state index in [-0.39, 0.29) is 30.2 Å². The van der Waals surface area contributed by atoms with Crippen LogP contribution in [-0.4, -0.2) is 49.0 Å². The summed E-state index contributed by atoms with van der Waals surface area (Å²) in [5.74, 6) is 1.59. The zero-order chi connectivity index (χ0) is 30.1. The Kier molecular flexibility index (Phi) is 8.67. The molecule has 7 nitrogen and oxygen atoms in total. The standard InChI is InChI=1S/C34H43BN2O5/c1-8-39-32(38)25-16-18-37(19-17-25)31-11-9-10-29(36-31)28-20-23(2)12-15-30(28)40-22-26-13-14-27(21-24(26)3)35-41-33(4,5)34(6,7)42-35/h9-15,20-21,25H,8,16-19,22H2,1-7H3. The summed E-state index contributed by atoms with van der Waals surface area (Å²) < 4.78 is 24.1. The van der Waals surface area contributed by atoms with Crippen molar-refractivity contribution >= 4 is 24.4 Å². The fourth-order valence-corrected chi connectivity index (χ4v) is 5.49. The van der Waals surface area contributed by atoms with E-state index in [9.17, 15) is 4.79 Å². The van der Waals surface area contributed by atoms with E-state index in [1.807, 2.05) is 31.2 Å². The number of carbonyl (C=O) groups excluding carboxylic acids is 1. The normalized spacial score (nSPS) is 18.3. The van der Waals surface area contributed by atoms with E-state index in [4.69, 9.17) is 23.8 Å². The van der Waals surface area contributed by atoms with E-state index in [2.05, 4.69) is 76.8 Å². The Morgan fingerprint density at radius 3 is 2.38 bits per heavy atom. The lowest BCUT2D eigenvalue weighted by Gasteiger charge is -2.32. The number of esters is 1. The second-order valence-electron chi connectivity index (χ2n) is 12.5. The Bertz CT molecular complexity index is 1420. The Hall–Kier alpha value is -3.36. The summed E-state index contributed by atoms with van der Waals surface area (Å²) in [4.78, 5) is 19.5. The Morgan fingerprint density at radius 1 is 1.00 bits per heavy atom. The smallest absolute Gasteiger partial charge is 0.488 e. The molecule has 0 bridgehead atoms. The predicted molar refractivity (Wildman–Crippen MR) is 167 cm³/mol. The molecule has 0 unspecified atom stereocenters. The van der Waals surface area contributed by atoms with Crippen LogP contribution in [0.25, 0.3) is 11.3 Å². The molecule has 2 aliphatic heterocycles. The Balaban J connectivity index is 1.29. The van der Waals surface area contributed by atoms with E-state index in [1.54, 1.807) is 0 Å². The summed E-state index contributed by atoms with van der Waals surface area (Å²) in [5.41, 5.74) is 5.46. The number of hydrogen-bond donors (Lipinski definition) is 0. The van der Waals surface area contributed by atoms with Gasteiger partial charge in [-0.15, -0.1) is 0 Å². The van der Waals surface area contributed by atoms with Gasteiger partial charge < -0.3 is 23.7 Å². The molecule has 8 heteroatoms. The molecule has 42 heavy (non-hydrogen) atoms. The van der Waals surface area contributed by atoms with Crippen molar-refractivity contribution in [3.63, 3.8) is 0 Å². The monoisotopic (exact) mass is 570 g/mol. The maximum atomic E-state index is 12.2. The maximum absolute atomic E-state index is 12.2. The number of ether oxygens (including phenoxy) is 2. The fourth-order valence-electron chi connectivity index (χ4n) is 5.49. The minimum Gasteiger partial charge on any atom is -0.488 e. The number of aromatic nitrogens is 1. The van der Waals surface area contributed by atoms with Crippen molar-refractivity contribution in [2.75, 3.05) is 24.6 Å². The molecule has 2 fully saturated rings. The highest BCUT2D eigenvalue weighted by Gasteiger charge is 2.51. The molecule has 2 saturated heterocycles. The Morgan fingerprint density at radius 2 is 1.71 bits per heavy atom. The first-order chi connectivity index (χ1) is 20.0. The van der Waals surface area contributed by atoms with Gasteiger partial charge >= 0.3 is 13.1 Å². The van der Waals surface area contributed by atoms with Crippen molar-refractivity contribution in [1.29, 1.82) is 0 Å². The number of hydrogen-bond acceptors (Lipinski definition) is 7. The molecular formula is C34H43BN2O5. The summed E-state index contributed by atoms with van der Waals surface area (Å²) in [6.45, 7) is 16.7. The summed E-state index contributed by atoms with van der Waals surface area (Å²) in [7, 11) is -0.387. The topological polar surface area (TPSA) is 70.1 Å². The average molecular weight is 571 g/mol. The molecule has 0 aliphatic carbocycles. The van der Waals surface area contributed by atoms with Crippen molar-refractivity contribution in [3.05, 3.63) is 71.3 Å². The van der Waals surface area contributed by atoms with Gasteiger partial charge in [0.1, 0.15) is 18.2 Å². The molecular weight excluding hydrogens is 527 g/mol. The molecule has 0 spiro atoms. The quantitative estimate of drug-likeness (QED) is 0.242. The number of benzene rings is 2. The van der Waals surface area contributed by atoms with E-state index < -0.39 is 0 Å². The van der Waals surface area contributed by atoms with Gasteiger partial charge in [0, 0.05) is 18.7 Å². The van der Waals surface area contributed by atoms with Gasteiger partial charge in [0.2, 0.25) is 0 Å². The number of anilines is 1. The minimum atomic E-state index is -0.387. The van der Waals surface area contributed by atoms with Gasteiger partial charge in [-0.25, -0.2) is 4.98 Å². The molecule has 1 aromatic heterocycles. The molecule has 222 valence electrons. The minimum absolute atomic E-state index is 0.0319. The van der Waals surface area contributed by atoms with Crippen LogP contribution >= 0.6 is 0 Å². The van der Waals surface area contributed by atoms with E-state index in [0.717, 1.165) is 70.9 Å². The van der Waals surface area contributed by atoms with Crippen LogP contribution in [-0.2, 0) is 25.4 Å². The maximum Gasteiger partial charge on any atom is 0.494 e. The second kappa shape index (κ2) is 12.1. The first-order valence-electron chi connectivity index (χ1n) is 15.0. The number of pyridine rings is 1. The SMILES string of the molecule is CCOC(=O)C1CCN(c2cccc(-c3cc(C)ccc3OCc3ccc(B4OC(C)(C)C(C)(C)O4)cc3C)n2)CC1. The second-order valence-corrected chi connectivity index (χ2v) is 12.5. The van der Waals surface area contributed by atoms with Gasteiger partial charge in [0.15, 0.2) is 0 Å². The lowest BCUT2D eigenvalue weighted by Crippen LogP contribution is -2.41. The molecule has 2 aromatic carbocycles. The van der Waals surface area contributed by atoms with Crippen molar-refractivity contribution < 1.29 is 23.6 Å². The van der Waals surface area contributed by atoms with Crippen LogP contribution in [0, 0.1) is 19.8 Å². The summed E-state index contributed by atoms with van der Waals surface area (Å²) >= 11 is 0. The summed E-state index contributed by atoms with van der Waals surface area (Å²) in [5, 5.41) is 0. The number of rotatable bonds is 8. The first-order valence-corrected chi connectivity index (χ1v) is 15.0. The highest BCUT2D eigenvalue weighted by molar-refractivity contribution is 6.62. The number of piperidine rings is 1. The zero-order valence-electron chi connectivity index (χ0n) is 26.0. The molecule has 0 N–H and O–H groups in total. The molecule has 3 aromatic rings. The van der Waals surface area contributed by atoms with Crippen LogP contribution in [0.15, 0.2) is 54.6 Å². The molecule has 0 amide bonds. The highest BCUT2D eigenvalue weighted by Crippen LogP contribution is 2.37. The van der Waals surface area contributed by atoms with E-state index >= 15 is 0 Å². The van der Waals surface area contributed by atoms with Crippen LogP contribution in [0.5, 0.6) is 5.75 Å². The van der Waals surface area contributed by atoms with Crippen LogP contribution in [0.4, 0.5) is 5.82 Å². The van der Waals surface area contributed by atoms with Crippen LogP contribution in [0.3, 0.4) is 0 Å². The Labute approximate surface area is 250 Å². The molecule has 2 aliphatic rings.